The van der Waals surface area contributed by atoms with Crippen LogP contribution >= 0.6 is 11.3 Å². The number of carbonyl (C=O) groups is 2. The number of hydrogen-bond acceptors (Lipinski definition) is 5. The summed E-state index contributed by atoms with van der Waals surface area (Å²) in [5, 5.41) is 16.7. The van der Waals surface area contributed by atoms with E-state index in [-0.39, 0.29) is 24.2 Å². The largest absolute Gasteiger partial charge is 0.504 e. The van der Waals surface area contributed by atoms with Gasteiger partial charge in [-0.05, 0) is 42.0 Å². The second-order valence-electron chi connectivity index (χ2n) is 7.72. The van der Waals surface area contributed by atoms with E-state index in [1.54, 1.807) is 22.3 Å². The fourth-order valence-corrected chi connectivity index (χ4v) is 5.24. The van der Waals surface area contributed by atoms with Crippen LogP contribution in [0.2, 0.25) is 0 Å². The first-order valence-electron chi connectivity index (χ1n) is 10.1. The van der Waals surface area contributed by atoms with Crippen LogP contribution in [0.3, 0.4) is 0 Å². The van der Waals surface area contributed by atoms with Gasteiger partial charge in [-0.3, -0.25) is 9.59 Å². The van der Waals surface area contributed by atoms with Crippen molar-refractivity contribution in [3.63, 3.8) is 0 Å². The third-order valence-electron chi connectivity index (χ3n) is 5.80. The van der Waals surface area contributed by atoms with Gasteiger partial charge in [0.1, 0.15) is 12.5 Å². The smallest absolute Gasteiger partial charge is 0.235 e. The van der Waals surface area contributed by atoms with Crippen LogP contribution in [0.15, 0.2) is 41.8 Å². The summed E-state index contributed by atoms with van der Waals surface area (Å²) in [4.78, 5) is 26.9. The first-order chi connectivity index (χ1) is 14.6. The maximum Gasteiger partial charge on any atom is 0.235 e. The highest BCUT2D eigenvalue weighted by atomic mass is 32.1. The zero-order valence-electron chi connectivity index (χ0n) is 16.4. The Hall–Kier alpha value is -3.06. The topological polar surface area (TPSA) is 78.9 Å². The highest BCUT2D eigenvalue weighted by Crippen LogP contribution is 2.41. The van der Waals surface area contributed by atoms with Crippen LogP contribution in [0.5, 0.6) is 11.5 Å². The minimum atomic E-state index is -0.641. The van der Waals surface area contributed by atoms with Gasteiger partial charge in [0.25, 0.3) is 0 Å². The molecule has 0 bridgehead atoms. The number of benzene rings is 2. The molecule has 7 heteroatoms. The second-order valence-corrected chi connectivity index (χ2v) is 8.63. The highest BCUT2D eigenvalue weighted by Gasteiger charge is 2.34. The molecule has 0 unspecified atom stereocenters. The average Bonchev–Trinajstić information content (AvgIpc) is 3.06. The van der Waals surface area contributed by atoms with Gasteiger partial charge in [-0.15, -0.1) is 11.3 Å². The summed E-state index contributed by atoms with van der Waals surface area (Å²) in [5.41, 5.74) is 2.68. The Bertz CT molecular complexity index is 1140. The zero-order chi connectivity index (χ0) is 20.7. The van der Waals surface area contributed by atoms with Gasteiger partial charge < -0.3 is 20.1 Å². The number of phenolic OH excluding ortho intramolecular Hbond substituents is 1. The number of piperidine rings is 1. The molecule has 0 saturated carbocycles. The predicted octanol–water partition coefficient (Wildman–Crippen LogP) is 3.52. The predicted molar refractivity (Wildman–Crippen MR) is 116 cm³/mol. The fraction of sp³-hybridized carbons (Fsp3) is 0.304. The summed E-state index contributed by atoms with van der Waals surface area (Å²) in [6, 6.07) is 11.9. The molecule has 154 valence electrons. The molecule has 5 rings (SSSR count). The lowest BCUT2D eigenvalue weighted by atomic mass is 9.96. The van der Waals surface area contributed by atoms with E-state index in [1.807, 2.05) is 18.2 Å². The summed E-state index contributed by atoms with van der Waals surface area (Å²) in [7, 11) is 0. The molecule has 1 atom stereocenters. The van der Waals surface area contributed by atoms with Crippen molar-refractivity contribution in [2.75, 3.05) is 19.7 Å². The highest BCUT2D eigenvalue weighted by molar-refractivity contribution is 7.17. The third kappa shape index (κ3) is 3.29. The van der Waals surface area contributed by atoms with Crippen LogP contribution in [0.25, 0.3) is 21.2 Å². The molecule has 1 aromatic heterocycles. The summed E-state index contributed by atoms with van der Waals surface area (Å²) in [5.74, 6) is -0.519. The number of fused-ring (bicyclic) bond motifs is 2. The number of aromatic hydroxyl groups is 1. The minimum Gasteiger partial charge on any atom is -0.504 e. The van der Waals surface area contributed by atoms with Crippen LogP contribution < -0.4 is 10.1 Å². The van der Waals surface area contributed by atoms with Gasteiger partial charge in [-0.2, -0.15) is 0 Å². The van der Waals surface area contributed by atoms with Gasteiger partial charge in [0.15, 0.2) is 11.5 Å². The normalized spacial score (nSPS) is 19.0. The molecule has 2 amide bonds. The average molecular weight is 423 g/mol. The van der Waals surface area contributed by atoms with Crippen molar-refractivity contribution in [2.24, 2.45) is 5.92 Å². The van der Waals surface area contributed by atoms with Crippen molar-refractivity contribution < 1.29 is 19.4 Å². The molecular weight excluding hydrogens is 400 g/mol. The molecule has 2 aromatic carbocycles. The molecule has 2 aliphatic rings. The van der Waals surface area contributed by atoms with Crippen molar-refractivity contribution in [3.05, 3.63) is 47.3 Å². The van der Waals surface area contributed by atoms with Crippen molar-refractivity contribution in [2.45, 2.75) is 19.4 Å². The van der Waals surface area contributed by atoms with Crippen molar-refractivity contribution >= 4 is 33.2 Å². The first-order valence-corrected chi connectivity index (χ1v) is 11.0. The monoisotopic (exact) mass is 422 g/mol. The number of ether oxygens (including phenoxy) is 1. The lowest BCUT2D eigenvalue weighted by Gasteiger charge is -2.27. The summed E-state index contributed by atoms with van der Waals surface area (Å²) >= 11 is 1.66. The maximum absolute atomic E-state index is 13.0. The second kappa shape index (κ2) is 7.65. The molecule has 2 aliphatic heterocycles. The molecule has 2 N–H and O–H groups in total. The summed E-state index contributed by atoms with van der Waals surface area (Å²) in [6.07, 6.45) is 1.38. The molecule has 0 radical (unpaired) electrons. The lowest BCUT2D eigenvalue weighted by molar-refractivity contribution is -0.144. The Labute approximate surface area is 178 Å². The molecule has 0 aliphatic carbocycles. The number of thiophene rings is 1. The van der Waals surface area contributed by atoms with Crippen LogP contribution in [0.1, 0.15) is 18.4 Å². The van der Waals surface area contributed by atoms with Crippen LogP contribution in [0.4, 0.5) is 0 Å². The summed E-state index contributed by atoms with van der Waals surface area (Å²) in [6.45, 7) is 1.59. The van der Waals surface area contributed by atoms with Gasteiger partial charge in [0.05, 0.1) is 6.54 Å². The SMILES string of the molecule is O=C1NCCC[C@H]1C(=O)N1CCOc2c(O)cc(-c3csc4ccccc34)cc2C1. The Morgan fingerprint density at radius 2 is 2.13 bits per heavy atom. The van der Waals surface area contributed by atoms with E-state index in [4.69, 9.17) is 4.74 Å². The zero-order valence-corrected chi connectivity index (χ0v) is 17.2. The number of rotatable bonds is 2. The lowest BCUT2D eigenvalue weighted by Crippen LogP contribution is -2.47. The van der Waals surface area contributed by atoms with Crippen LogP contribution in [-0.4, -0.2) is 41.5 Å². The summed E-state index contributed by atoms with van der Waals surface area (Å²) < 4.78 is 6.97. The Balaban J connectivity index is 1.50. The van der Waals surface area contributed by atoms with Gasteiger partial charge >= 0.3 is 0 Å². The van der Waals surface area contributed by atoms with E-state index in [0.717, 1.165) is 28.5 Å². The van der Waals surface area contributed by atoms with Crippen LogP contribution in [-0.2, 0) is 16.1 Å². The molecule has 1 saturated heterocycles. The quantitative estimate of drug-likeness (QED) is 0.620. The number of nitrogens with one attached hydrogen (secondary N) is 1. The van der Waals surface area contributed by atoms with E-state index in [9.17, 15) is 14.7 Å². The number of phenols is 1. The minimum absolute atomic E-state index is 0.0717. The van der Waals surface area contributed by atoms with Gasteiger partial charge in [0.2, 0.25) is 11.8 Å². The van der Waals surface area contributed by atoms with Crippen molar-refractivity contribution in [1.29, 1.82) is 0 Å². The molecule has 6 nitrogen and oxygen atoms in total. The Kier molecular flexibility index (Phi) is 4.83. The van der Waals surface area contributed by atoms with Gasteiger partial charge in [-0.25, -0.2) is 0 Å². The molecule has 0 spiro atoms. The van der Waals surface area contributed by atoms with Gasteiger partial charge in [0, 0.05) is 34.3 Å². The first kappa shape index (κ1) is 18.9. The van der Waals surface area contributed by atoms with Gasteiger partial charge in [-0.1, -0.05) is 18.2 Å². The molecule has 30 heavy (non-hydrogen) atoms. The van der Waals surface area contributed by atoms with Crippen molar-refractivity contribution in [1.82, 2.24) is 10.2 Å². The molecule has 1 fully saturated rings. The third-order valence-corrected chi connectivity index (χ3v) is 6.77. The number of hydrogen-bond donors (Lipinski definition) is 2. The van der Waals surface area contributed by atoms with E-state index in [0.29, 0.717) is 31.8 Å². The maximum atomic E-state index is 13.0. The Morgan fingerprint density at radius 1 is 1.27 bits per heavy atom. The van der Waals surface area contributed by atoms with E-state index < -0.39 is 5.92 Å². The fourth-order valence-electron chi connectivity index (χ4n) is 4.27. The standard InChI is InChI=1S/C23H22N2O4S/c26-19-11-14(18-13-30-20-6-2-1-4-16(18)20)10-15-12-25(8-9-29-21(15)19)23(28)17-5-3-7-24-22(17)27/h1-2,4,6,10-11,13,17,26H,3,5,7-9,12H2,(H,24,27)/t17-/m1/s1. The van der Waals surface area contributed by atoms with E-state index >= 15 is 0 Å². The molecule has 3 aromatic rings. The van der Waals surface area contributed by atoms with Crippen molar-refractivity contribution in [3.8, 4) is 22.6 Å². The molecular formula is C23H22N2O4S. The van der Waals surface area contributed by atoms with Crippen LogP contribution in [0, 0.1) is 5.92 Å². The van der Waals surface area contributed by atoms with E-state index in [1.165, 1.54) is 4.70 Å². The van der Waals surface area contributed by atoms with E-state index in [2.05, 4.69) is 22.8 Å². The number of amides is 2. The number of nitrogens with zero attached hydrogens (tertiary/aromatic N) is 1. The number of carbonyl (C=O) groups excluding carboxylic acids is 2. The molecule has 3 heterocycles. The Morgan fingerprint density at radius 3 is 3.00 bits per heavy atom.